The van der Waals surface area contributed by atoms with Crippen molar-refractivity contribution in [3.8, 4) is 0 Å². The SMILES string of the molecule is COC(=O)c1c[nH+][nH]c1N. The van der Waals surface area contributed by atoms with Gasteiger partial charge in [-0.2, -0.15) is 5.10 Å². The van der Waals surface area contributed by atoms with Gasteiger partial charge < -0.3 is 10.5 Å². The van der Waals surface area contributed by atoms with Crippen LogP contribution in [0.4, 0.5) is 5.82 Å². The summed E-state index contributed by atoms with van der Waals surface area (Å²) >= 11 is 0. The zero-order chi connectivity index (χ0) is 7.56. The lowest BCUT2D eigenvalue weighted by molar-refractivity contribution is -0.447. The number of hydrogen-bond donors (Lipinski definition) is 2. The number of carbonyl (C=O) groups excluding carboxylic acids is 1. The average molecular weight is 142 g/mol. The van der Waals surface area contributed by atoms with Gasteiger partial charge in [0, 0.05) is 0 Å². The molecule has 0 saturated carbocycles. The molecule has 1 aromatic rings. The lowest BCUT2D eigenvalue weighted by Crippen LogP contribution is -2.02. The fourth-order valence-electron chi connectivity index (χ4n) is 0.610. The van der Waals surface area contributed by atoms with Crippen molar-refractivity contribution in [1.82, 2.24) is 5.10 Å². The minimum absolute atomic E-state index is 0.284. The molecule has 0 unspecified atom stereocenters. The lowest BCUT2D eigenvalue weighted by atomic mass is 10.3. The van der Waals surface area contributed by atoms with Gasteiger partial charge in [-0.1, -0.05) is 0 Å². The summed E-state index contributed by atoms with van der Waals surface area (Å²) in [5, 5.41) is 5.10. The Morgan fingerprint density at radius 3 is 3.00 bits per heavy atom. The van der Waals surface area contributed by atoms with Crippen molar-refractivity contribution in [2.45, 2.75) is 0 Å². The maximum absolute atomic E-state index is 10.8. The quantitative estimate of drug-likeness (QED) is 0.503. The normalized spacial score (nSPS) is 9.30. The molecular weight excluding hydrogens is 134 g/mol. The minimum atomic E-state index is -0.449. The number of H-pyrrole nitrogens is 2. The number of rotatable bonds is 1. The molecule has 5 heteroatoms. The molecule has 0 radical (unpaired) electrons. The third kappa shape index (κ3) is 0.928. The van der Waals surface area contributed by atoms with Crippen LogP contribution in [0.1, 0.15) is 10.4 Å². The van der Waals surface area contributed by atoms with Gasteiger partial charge in [0.25, 0.3) is 0 Å². The van der Waals surface area contributed by atoms with E-state index in [2.05, 4.69) is 14.9 Å². The van der Waals surface area contributed by atoms with Crippen LogP contribution in [-0.4, -0.2) is 18.2 Å². The first-order valence-corrected chi connectivity index (χ1v) is 2.68. The third-order valence-corrected chi connectivity index (χ3v) is 1.12. The van der Waals surface area contributed by atoms with Gasteiger partial charge in [-0.15, -0.1) is 5.10 Å². The van der Waals surface area contributed by atoms with Crippen molar-refractivity contribution in [3.05, 3.63) is 11.8 Å². The number of aromatic nitrogens is 2. The Balaban J connectivity index is 2.93. The zero-order valence-corrected chi connectivity index (χ0v) is 5.47. The molecule has 0 aliphatic carbocycles. The molecule has 4 N–H and O–H groups in total. The number of ether oxygens (including phenoxy) is 1. The molecule has 10 heavy (non-hydrogen) atoms. The van der Waals surface area contributed by atoms with Crippen molar-refractivity contribution in [2.75, 3.05) is 12.8 Å². The number of nitrogens with two attached hydrogens (primary N) is 1. The number of nitrogens with one attached hydrogen (secondary N) is 2. The van der Waals surface area contributed by atoms with Crippen molar-refractivity contribution in [2.24, 2.45) is 0 Å². The molecule has 0 aliphatic rings. The van der Waals surface area contributed by atoms with Crippen LogP contribution in [0.15, 0.2) is 6.20 Å². The Morgan fingerprint density at radius 1 is 1.90 bits per heavy atom. The van der Waals surface area contributed by atoms with E-state index in [9.17, 15) is 4.79 Å². The molecule has 0 saturated heterocycles. The van der Waals surface area contributed by atoms with E-state index in [1.807, 2.05) is 0 Å². The Labute approximate surface area is 57.2 Å². The number of aromatic amines is 2. The number of hydrogen-bond acceptors (Lipinski definition) is 3. The topological polar surface area (TPSA) is 82.2 Å². The molecule has 0 aromatic carbocycles. The summed E-state index contributed by atoms with van der Waals surface area (Å²) in [6, 6.07) is 0. The second-order valence-corrected chi connectivity index (χ2v) is 1.73. The highest BCUT2D eigenvalue weighted by Gasteiger charge is 2.14. The van der Waals surface area contributed by atoms with E-state index < -0.39 is 5.97 Å². The second-order valence-electron chi connectivity index (χ2n) is 1.73. The molecule has 0 amide bonds. The molecule has 1 heterocycles. The molecule has 54 valence electrons. The molecule has 0 spiro atoms. The molecular formula is C5H8N3O2+. The van der Waals surface area contributed by atoms with Crippen LogP contribution in [0.25, 0.3) is 0 Å². The summed E-state index contributed by atoms with van der Waals surface area (Å²) in [6.07, 6.45) is 1.45. The average Bonchev–Trinajstić information content (AvgIpc) is 2.34. The number of esters is 1. The molecule has 0 fully saturated rings. The van der Waals surface area contributed by atoms with Crippen molar-refractivity contribution < 1.29 is 14.6 Å². The van der Waals surface area contributed by atoms with Gasteiger partial charge >= 0.3 is 5.97 Å². The van der Waals surface area contributed by atoms with Crippen LogP contribution in [0, 0.1) is 0 Å². The predicted molar refractivity (Wildman–Crippen MR) is 33.1 cm³/mol. The second kappa shape index (κ2) is 2.38. The number of carbonyl (C=O) groups is 1. The third-order valence-electron chi connectivity index (χ3n) is 1.12. The first-order chi connectivity index (χ1) is 4.75. The van der Waals surface area contributed by atoms with Crippen LogP contribution >= 0.6 is 0 Å². The largest absolute Gasteiger partial charge is 0.465 e. The van der Waals surface area contributed by atoms with E-state index in [0.717, 1.165) is 0 Å². The first-order valence-electron chi connectivity index (χ1n) is 2.68. The fourth-order valence-corrected chi connectivity index (χ4v) is 0.610. The summed E-state index contributed by atoms with van der Waals surface area (Å²) in [6.45, 7) is 0. The molecule has 0 bridgehead atoms. The van der Waals surface area contributed by atoms with E-state index in [1.165, 1.54) is 13.3 Å². The fraction of sp³-hybridized carbons (Fsp3) is 0.200. The highest BCUT2D eigenvalue weighted by molar-refractivity contribution is 5.93. The summed E-state index contributed by atoms with van der Waals surface area (Å²) in [7, 11) is 1.30. The molecule has 0 aliphatic heterocycles. The van der Waals surface area contributed by atoms with E-state index in [0.29, 0.717) is 5.56 Å². The van der Waals surface area contributed by atoms with E-state index in [-0.39, 0.29) is 5.82 Å². The summed E-state index contributed by atoms with van der Waals surface area (Å²) in [5.41, 5.74) is 5.65. The maximum atomic E-state index is 10.8. The highest BCUT2D eigenvalue weighted by Crippen LogP contribution is 2.03. The van der Waals surface area contributed by atoms with E-state index in [4.69, 9.17) is 5.73 Å². The van der Waals surface area contributed by atoms with Crippen LogP contribution in [0.2, 0.25) is 0 Å². The first kappa shape index (κ1) is 6.60. The van der Waals surface area contributed by atoms with Gasteiger partial charge in [0.2, 0.25) is 6.20 Å². The Kier molecular flexibility index (Phi) is 1.57. The van der Waals surface area contributed by atoms with E-state index in [1.54, 1.807) is 0 Å². The van der Waals surface area contributed by atoms with Crippen LogP contribution in [-0.2, 0) is 4.74 Å². The molecule has 1 rings (SSSR count). The Morgan fingerprint density at radius 2 is 2.60 bits per heavy atom. The van der Waals surface area contributed by atoms with Crippen molar-refractivity contribution in [1.29, 1.82) is 0 Å². The Hall–Kier alpha value is -1.52. The van der Waals surface area contributed by atoms with Crippen molar-refractivity contribution in [3.63, 3.8) is 0 Å². The van der Waals surface area contributed by atoms with Crippen LogP contribution in [0.5, 0.6) is 0 Å². The molecule has 1 aromatic heterocycles. The van der Waals surface area contributed by atoms with Gasteiger partial charge in [0.05, 0.1) is 7.11 Å². The van der Waals surface area contributed by atoms with Gasteiger partial charge in [0.1, 0.15) is 0 Å². The van der Waals surface area contributed by atoms with Gasteiger partial charge in [-0.3, -0.25) is 0 Å². The minimum Gasteiger partial charge on any atom is -0.465 e. The van der Waals surface area contributed by atoms with Gasteiger partial charge in [-0.05, 0) is 0 Å². The predicted octanol–water partition coefficient (Wildman–Crippen LogP) is -0.802. The molecule has 5 nitrogen and oxygen atoms in total. The lowest BCUT2D eigenvalue weighted by Gasteiger charge is -1.91. The number of nitrogen functional groups attached to an aromatic ring is 1. The van der Waals surface area contributed by atoms with Crippen LogP contribution < -0.4 is 10.8 Å². The van der Waals surface area contributed by atoms with Crippen LogP contribution in [0.3, 0.4) is 0 Å². The van der Waals surface area contributed by atoms with E-state index >= 15 is 0 Å². The number of methoxy groups -OCH3 is 1. The number of anilines is 1. The van der Waals surface area contributed by atoms with Crippen molar-refractivity contribution >= 4 is 11.8 Å². The van der Waals surface area contributed by atoms with Gasteiger partial charge in [0.15, 0.2) is 11.4 Å². The zero-order valence-electron chi connectivity index (χ0n) is 5.47. The highest BCUT2D eigenvalue weighted by atomic mass is 16.5. The molecule has 0 atom stereocenters. The Bertz CT molecular complexity index is 243. The maximum Gasteiger partial charge on any atom is 0.348 e. The summed E-state index contributed by atoms with van der Waals surface area (Å²) in [5.74, 6) is -0.165. The summed E-state index contributed by atoms with van der Waals surface area (Å²) in [4.78, 5) is 10.8. The summed E-state index contributed by atoms with van der Waals surface area (Å²) < 4.78 is 4.42. The smallest absolute Gasteiger partial charge is 0.348 e. The standard InChI is InChI=1S/C5H7N3O2/c1-10-5(9)3-2-7-8-4(3)6/h2H,1H3,(H3,6,7,8)/p+1. The van der Waals surface area contributed by atoms with Gasteiger partial charge in [-0.25, -0.2) is 4.79 Å². The monoisotopic (exact) mass is 142 g/mol.